The molecular weight excluding hydrogens is 474 g/mol. The molecule has 0 heterocycles. The van der Waals surface area contributed by atoms with Crippen molar-refractivity contribution in [3.63, 3.8) is 0 Å². The first-order valence-electron chi connectivity index (χ1n) is 7.86. The summed E-state index contributed by atoms with van der Waals surface area (Å²) in [5, 5.41) is 6.16. The molecule has 1 aromatic rings. The highest BCUT2D eigenvalue weighted by Crippen LogP contribution is 2.12. The molecule has 1 unspecified atom stereocenters. The van der Waals surface area contributed by atoms with E-state index in [1.807, 2.05) is 6.92 Å². The van der Waals surface area contributed by atoms with Crippen molar-refractivity contribution in [2.24, 2.45) is 4.99 Å². The molecular formula is C16H28FIN4O3S. The van der Waals surface area contributed by atoms with Crippen LogP contribution in [0.1, 0.15) is 20.8 Å². The third-order valence-corrected chi connectivity index (χ3v) is 4.01. The van der Waals surface area contributed by atoms with Crippen LogP contribution in [-0.2, 0) is 10.0 Å². The van der Waals surface area contributed by atoms with Crippen LogP contribution in [0.25, 0.3) is 0 Å². The van der Waals surface area contributed by atoms with Crippen LogP contribution in [0, 0.1) is 5.82 Å². The molecule has 0 aliphatic carbocycles. The number of nitrogens with zero attached hydrogens (tertiary/aromatic N) is 1. The number of hydrogen-bond acceptors (Lipinski definition) is 4. The Balaban J connectivity index is 0.00000625. The van der Waals surface area contributed by atoms with Gasteiger partial charge in [-0.15, -0.1) is 24.0 Å². The van der Waals surface area contributed by atoms with Crippen LogP contribution < -0.4 is 20.1 Å². The average molecular weight is 502 g/mol. The summed E-state index contributed by atoms with van der Waals surface area (Å²) in [6.07, 6.45) is 0.946. The summed E-state index contributed by atoms with van der Waals surface area (Å²) in [5.41, 5.74) is -0.665. The molecule has 0 spiro atoms. The molecule has 0 bridgehead atoms. The number of aliphatic imine (C=N–C) groups is 1. The van der Waals surface area contributed by atoms with E-state index < -0.39 is 15.6 Å². The Bertz CT molecular complexity index is 681. The van der Waals surface area contributed by atoms with Crippen LogP contribution in [0.5, 0.6) is 5.75 Å². The topological polar surface area (TPSA) is 91.8 Å². The lowest BCUT2D eigenvalue weighted by molar-refractivity contribution is 0.223. The molecule has 7 nitrogen and oxygen atoms in total. The second-order valence-corrected chi connectivity index (χ2v) is 8.20. The highest BCUT2D eigenvalue weighted by Gasteiger charge is 2.22. The summed E-state index contributed by atoms with van der Waals surface area (Å²) in [7, 11) is -1.67. The van der Waals surface area contributed by atoms with E-state index in [4.69, 9.17) is 4.74 Å². The Labute approximate surface area is 172 Å². The molecule has 0 aromatic heterocycles. The first-order chi connectivity index (χ1) is 11.5. The lowest BCUT2D eigenvalue weighted by atomic mass is 10.1. The third-order valence-electron chi connectivity index (χ3n) is 3.09. The average Bonchev–Trinajstić information content (AvgIpc) is 2.47. The van der Waals surface area contributed by atoms with E-state index in [2.05, 4.69) is 20.3 Å². The normalized spacial score (nSPS) is 13.5. The summed E-state index contributed by atoms with van der Waals surface area (Å²) < 4.78 is 43.8. The van der Waals surface area contributed by atoms with E-state index in [9.17, 15) is 12.8 Å². The van der Waals surface area contributed by atoms with Crippen molar-refractivity contribution in [1.82, 2.24) is 15.4 Å². The SMILES string of the molecule is CN=C(NCC(C)Oc1ccc(F)cc1)NCC(C)(C)NS(C)(=O)=O.I. The highest BCUT2D eigenvalue weighted by molar-refractivity contribution is 14.0. The van der Waals surface area contributed by atoms with Crippen LogP contribution in [0.2, 0.25) is 0 Å². The number of guanidine groups is 1. The van der Waals surface area contributed by atoms with Crippen molar-refractivity contribution in [3.8, 4) is 5.75 Å². The minimum absolute atomic E-state index is 0. The van der Waals surface area contributed by atoms with E-state index in [0.717, 1.165) is 6.26 Å². The molecule has 0 aliphatic rings. The van der Waals surface area contributed by atoms with E-state index in [1.165, 1.54) is 12.1 Å². The molecule has 1 atom stereocenters. The van der Waals surface area contributed by atoms with Gasteiger partial charge in [-0.05, 0) is 45.0 Å². The monoisotopic (exact) mass is 502 g/mol. The number of nitrogens with one attached hydrogen (secondary N) is 3. The van der Waals surface area contributed by atoms with Crippen LogP contribution in [0.4, 0.5) is 4.39 Å². The van der Waals surface area contributed by atoms with Crippen LogP contribution in [-0.4, -0.2) is 52.4 Å². The van der Waals surface area contributed by atoms with Gasteiger partial charge in [0, 0.05) is 19.1 Å². The zero-order chi connectivity index (χ0) is 19.1. The summed E-state index contributed by atoms with van der Waals surface area (Å²) in [5.74, 6) is 0.795. The predicted octanol–water partition coefficient (Wildman–Crippen LogP) is 1.70. The number of benzene rings is 1. The van der Waals surface area contributed by atoms with Crippen molar-refractivity contribution < 1.29 is 17.5 Å². The summed E-state index contributed by atoms with van der Waals surface area (Å²) in [4.78, 5) is 4.09. The van der Waals surface area contributed by atoms with Gasteiger partial charge in [-0.1, -0.05) is 0 Å². The van der Waals surface area contributed by atoms with E-state index >= 15 is 0 Å². The fraction of sp³-hybridized carbons (Fsp3) is 0.562. The Morgan fingerprint density at radius 2 is 1.85 bits per heavy atom. The van der Waals surface area contributed by atoms with Gasteiger partial charge in [0.15, 0.2) is 5.96 Å². The molecule has 1 rings (SSSR count). The van der Waals surface area contributed by atoms with Crippen molar-refractivity contribution >= 4 is 40.0 Å². The second-order valence-electron chi connectivity index (χ2n) is 6.45. The van der Waals surface area contributed by atoms with Crippen molar-refractivity contribution in [2.75, 3.05) is 26.4 Å². The first kappa shape index (κ1) is 24.9. The number of halogens is 2. The van der Waals surface area contributed by atoms with Gasteiger partial charge in [0.05, 0.1) is 12.8 Å². The largest absolute Gasteiger partial charge is 0.489 e. The molecule has 150 valence electrons. The minimum atomic E-state index is -3.30. The van der Waals surface area contributed by atoms with Gasteiger partial charge in [0.2, 0.25) is 10.0 Å². The zero-order valence-electron chi connectivity index (χ0n) is 15.7. The van der Waals surface area contributed by atoms with Gasteiger partial charge in [0.1, 0.15) is 17.7 Å². The Morgan fingerprint density at radius 3 is 2.35 bits per heavy atom. The maximum atomic E-state index is 12.9. The van der Waals surface area contributed by atoms with Gasteiger partial charge in [0.25, 0.3) is 0 Å². The zero-order valence-corrected chi connectivity index (χ0v) is 18.8. The maximum absolute atomic E-state index is 12.9. The van der Waals surface area contributed by atoms with Gasteiger partial charge in [-0.3, -0.25) is 4.99 Å². The van der Waals surface area contributed by atoms with Gasteiger partial charge in [-0.25, -0.2) is 17.5 Å². The molecule has 0 amide bonds. The smallest absolute Gasteiger partial charge is 0.209 e. The molecule has 10 heteroatoms. The van der Waals surface area contributed by atoms with Crippen molar-refractivity contribution in [2.45, 2.75) is 32.4 Å². The van der Waals surface area contributed by atoms with Crippen LogP contribution in [0.3, 0.4) is 0 Å². The molecule has 26 heavy (non-hydrogen) atoms. The fourth-order valence-corrected chi connectivity index (χ4v) is 3.17. The third kappa shape index (κ3) is 10.8. The molecule has 3 N–H and O–H groups in total. The minimum Gasteiger partial charge on any atom is -0.489 e. The lowest BCUT2D eigenvalue weighted by Crippen LogP contribution is -2.53. The Morgan fingerprint density at radius 1 is 1.27 bits per heavy atom. The van der Waals surface area contributed by atoms with Gasteiger partial charge in [-0.2, -0.15) is 0 Å². The maximum Gasteiger partial charge on any atom is 0.209 e. The van der Waals surface area contributed by atoms with Crippen LogP contribution in [0.15, 0.2) is 29.3 Å². The standard InChI is InChI=1S/C16H27FN4O3S.HI/c1-12(24-14-8-6-13(17)7-9-14)10-19-15(18-4)20-11-16(2,3)21-25(5,22)23;/h6-9,12,21H,10-11H2,1-5H3,(H2,18,19,20);1H. The van der Waals surface area contributed by atoms with Crippen molar-refractivity contribution in [3.05, 3.63) is 30.1 Å². The van der Waals surface area contributed by atoms with Crippen LogP contribution >= 0.6 is 24.0 Å². The molecule has 0 radical (unpaired) electrons. The Hall–Kier alpha value is -1.14. The number of ether oxygens (including phenoxy) is 1. The Kier molecular flexibility index (Phi) is 10.4. The lowest BCUT2D eigenvalue weighted by Gasteiger charge is -2.26. The number of rotatable bonds is 8. The fourth-order valence-electron chi connectivity index (χ4n) is 2.09. The number of hydrogen-bond donors (Lipinski definition) is 3. The molecule has 0 saturated heterocycles. The second kappa shape index (κ2) is 10.9. The van der Waals surface area contributed by atoms with Gasteiger partial charge < -0.3 is 15.4 Å². The van der Waals surface area contributed by atoms with E-state index in [0.29, 0.717) is 24.8 Å². The summed E-state index contributed by atoms with van der Waals surface area (Å²) >= 11 is 0. The van der Waals surface area contributed by atoms with Crippen molar-refractivity contribution in [1.29, 1.82) is 0 Å². The molecule has 0 saturated carbocycles. The highest BCUT2D eigenvalue weighted by atomic mass is 127. The quantitative estimate of drug-likeness (QED) is 0.286. The van der Waals surface area contributed by atoms with Gasteiger partial charge >= 0.3 is 0 Å². The first-order valence-corrected chi connectivity index (χ1v) is 9.75. The molecule has 1 aromatic carbocycles. The summed E-state index contributed by atoms with van der Waals surface area (Å²) in [6, 6.07) is 5.82. The molecule has 0 fully saturated rings. The summed E-state index contributed by atoms with van der Waals surface area (Å²) in [6.45, 7) is 6.24. The number of sulfonamides is 1. The van der Waals surface area contributed by atoms with E-state index in [1.54, 1.807) is 33.0 Å². The predicted molar refractivity (Wildman–Crippen MR) is 113 cm³/mol. The van der Waals surface area contributed by atoms with E-state index in [-0.39, 0.29) is 35.9 Å². The molecule has 0 aliphatic heterocycles.